The van der Waals surface area contributed by atoms with E-state index in [1.807, 2.05) is 19.1 Å². The van der Waals surface area contributed by atoms with Gasteiger partial charge >= 0.3 is 0 Å². The second kappa shape index (κ2) is 2.89. The van der Waals surface area contributed by atoms with Crippen molar-refractivity contribution in [1.29, 1.82) is 0 Å². The van der Waals surface area contributed by atoms with Crippen LogP contribution in [0.25, 0.3) is 10.8 Å². The Morgan fingerprint density at radius 3 is 2.92 bits per heavy atom. The summed E-state index contributed by atoms with van der Waals surface area (Å²) in [5.74, 6) is 0. The number of aromatic nitrogens is 1. The van der Waals surface area contributed by atoms with Crippen molar-refractivity contribution in [2.75, 3.05) is 0 Å². The fourth-order valence-corrected chi connectivity index (χ4v) is 1.49. The molecule has 0 aliphatic carbocycles. The summed E-state index contributed by atoms with van der Waals surface area (Å²) < 4.78 is 0. The van der Waals surface area contributed by atoms with Crippen molar-refractivity contribution in [3.8, 4) is 0 Å². The Morgan fingerprint density at radius 1 is 1.38 bits per heavy atom. The Labute approximate surface area is 80.2 Å². The number of halogens is 1. The molecule has 0 bridgehead atoms. The molecule has 0 aliphatic rings. The van der Waals surface area contributed by atoms with E-state index in [9.17, 15) is 4.79 Å². The second-order valence-corrected chi connectivity index (χ2v) is 3.40. The maximum absolute atomic E-state index is 11.3. The van der Waals surface area contributed by atoms with E-state index in [4.69, 9.17) is 11.6 Å². The van der Waals surface area contributed by atoms with Crippen LogP contribution in [0.5, 0.6) is 0 Å². The largest absolute Gasteiger partial charge is 0.329 e. The lowest BCUT2D eigenvalue weighted by Crippen LogP contribution is -2.04. The number of hydrogen-bond acceptors (Lipinski definition) is 1. The predicted octanol–water partition coefficient (Wildman–Crippen LogP) is 2.49. The summed E-state index contributed by atoms with van der Waals surface area (Å²) in [5, 5.41) is 2.19. The normalized spacial score (nSPS) is 10.6. The number of rotatable bonds is 0. The number of aromatic amines is 1. The highest BCUT2D eigenvalue weighted by Crippen LogP contribution is 2.20. The van der Waals surface area contributed by atoms with Crippen molar-refractivity contribution in [3.05, 3.63) is 45.3 Å². The number of benzene rings is 1. The summed E-state index contributed by atoms with van der Waals surface area (Å²) in [7, 11) is 0. The predicted molar refractivity (Wildman–Crippen MR) is 54.3 cm³/mol. The van der Waals surface area contributed by atoms with E-state index in [0.29, 0.717) is 10.4 Å². The SMILES string of the molecule is Cc1cc2cc[nH]c(=O)c2cc1Cl. The smallest absolute Gasteiger partial charge is 0.255 e. The second-order valence-electron chi connectivity index (χ2n) is 3.00. The van der Waals surface area contributed by atoms with Crippen LogP contribution in [0, 0.1) is 6.92 Å². The van der Waals surface area contributed by atoms with E-state index in [1.54, 1.807) is 12.3 Å². The molecule has 0 unspecified atom stereocenters. The number of H-pyrrole nitrogens is 1. The first-order chi connectivity index (χ1) is 6.18. The molecular weight excluding hydrogens is 186 g/mol. The quantitative estimate of drug-likeness (QED) is 0.685. The van der Waals surface area contributed by atoms with Crippen LogP contribution in [0.2, 0.25) is 5.02 Å². The third-order valence-electron chi connectivity index (χ3n) is 2.05. The van der Waals surface area contributed by atoms with Crippen LogP contribution in [0.15, 0.2) is 29.2 Å². The maximum Gasteiger partial charge on any atom is 0.255 e. The van der Waals surface area contributed by atoms with Crippen molar-refractivity contribution in [2.45, 2.75) is 6.92 Å². The van der Waals surface area contributed by atoms with Crippen LogP contribution >= 0.6 is 11.6 Å². The Morgan fingerprint density at radius 2 is 2.15 bits per heavy atom. The Balaban J connectivity index is 2.97. The van der Waals surface area contributed by atoms with Gasteiger partial charge < -0.3 is 4.98 Å². The van der Waals surface area contributed by atoms with Gasteiger partial charge in [-0.1, -0.05) is 11.6 Å². The number of fused-ring (bicyclic) bond motifs is 1. The summed E-state index contributed by atoms with van der Waals surface area (Å²) >= 11 is 5.91. The summed E-state index contributed by atoms with van der Waals surface area (Å²) in [6, 6.07) is 5.47. The molecular formula is C10H8ClNO. The van der Waals surface area contributed by atoms with Crippen molar-refractivity contribution in [3.63, 3.8) is 0 Å². The molecule has 0 spiro atoms. The van der Waals surface area contributed by atoms with E-state index in [-0.39, 0.29) is 5.56 Å². The Hall–Kier alpha value is -1.28. The number of hydrogen-bond donors (Lipinski definition) is 1. The molecule has 2 nitrogen and oxygen atoms in total. The van der Waals surface area contributed by atoms with Crippen LogP contribution in [-0.4, -0.2) is 4.98 Å². The van der Waals surface area contributed by atoms with Crippen LogP contribution in [-0.2, 0) is 0 Å². The van der Waals surface area contributed by atoms with Gasteiger partial charge in [-0.15, -0.1) is 0 Å². The van der Waals surface area contributed by atoms with Gasteiger partial charge in [-0.2, -0.15) is 0 Å². The third-order valence-corrected chi connectivity index (χ3v) is 2.46. The highest BCUT2D eigenvalue weighted by atomic mass is 35.5. The molecule has 1 aromatic carbocycles. The Bertz CT molecular complexity index is 516. The molecule has 0 saturated carbocycles. The van der Waals surface area contributed by atoms with E-state index in [1.165, 1.54) is 0 Å². The van der Waals surface area contributed by atoms with E-state index in [2.05, 4.69) is 4.98 Å². The molecule has 13 heavy (non-hydrogen) atoms. The van der Waals surface area contributed by atoms with Crippen molar-refractivity contribution >= 4 is 22.4 Å². The molecule has 2 rings (SSSR count). The van der Waals surface area contributed by atoms with Gasteiger partial charge in [0, 0.05) is 16.6 Å². The fraction of sp³-hybridized carbons (Fsp3) is 0.100. The highest BCUT2D eigenvalue weighted by molar-refractivity contribution is 6.32. The summed E-state index contributed by atoms with van der Waals surface area (Å²) in [6.07, 6.45) is 1.64. The number of aryl methyl sites for hydroxylation is 1. The van der Waals surface area contributed by atoms with E-state index >= 15 is 0 Å². The zero-order valence-electron chi connectivity index (χ0n) is 7.10. The van der Waals surface area contributed by atoms with Gasteiger partial charge in [-0.3, -0.25) is 4.79 Å². The molecule has 0 aliphatic heterocycles. The zero-order valence-corrected chi connectivity index (χ0v) is 7.85. The molecule has 0 radical (unpaired) electrons. The maximum atomic E-state index is 11.3. The topological polar surface area (TPSA) is 32.9 Å². The lowest BCUT2D eigenvalue weighted by atomic mass is 10.1. The fourth-order valence-electron chi connectivity index (χ4n) is 1.32. The van der Waals surface area contributed by atoms with Gasteiger partial charge in [-0.05, 0) is 36.1 Å². The molecule has 1 N–H and O–H groups in total. The first-order valence-electron chi connectivity index (χ1n) is 3.96. The molecule has 0 fully saturated rings. The minimum Gasteiger partial charge on any atom is -0.329 e. The minimum absolute atomic E-state index is 0.0978. The summed E-state index contributed by atoms with van der Waals surface area (Å²) in [6.45, 7) is 1.92. The highest BCUT2D eigenvalue weighted by Gasteiger charge is 2.01. The molecule has 2 aromatic rings. The molecule has 0 amide bonds. The van der Waals surface area contributed by atoms with Gasteiger partial charge in [-0.25, -0.2) is 0 Å². The van der Waals surface area contributed by atoms with Gasteiger partial charge in [0.1, 0.15) is 0 Å². The standard InChI is InChI=1S/C10H8ClNO/c1-6-4-7-2-3-12-10(13)8(7)5-9(6)11/h2-5H,1H3,(H,12,13). The summed E-state index contributed by atoms with van der Waals surface area (Å²) in [4.78, 5) is 13.9. The van der Waals surface area contributed by atoms with Crippen molar-refractivity contribution < 1.29 is 0 Å². The van der Waals surface area contributed by atoms with Crippen LogP contribution in [0.4, 0.5) is 0 Å². The molecule has 1 aromatic heterocycles. The Kier molecular flexibility index (Phi) is 1.85. The lowest BCUT2D eigenvalue weighted by molar-refractivity contribution is 1.27. The number of pyridine rings is 1. The molecule has 1 heterocycles. The molecule has 0 atom stereocenters. The summed E-state index contributed by atoms with van der Waals surface area (Å²) in [5.41, 5.74) is 0.888. The lowest BCUT2D eigenvalue weighted by Gasteiger charge is -2.00. The molecule has 3 heteroatoms. The first-order valence-corrected chi connectivity index (χ1v) is 4.34. The van der Waals surface area contributed by atoms with Crippen LogP contribution < -0.4 is 5.56 Å². The van der Waals surface area contributed by atoms with Gasteiger partial charge in [0.15, 0.2) is 0 Å². The van der Waals surface area contributed by atoms with E-state index < -0.39 is 0 Å². The average Bonchev–Trinajstić information content (AvgIpc) is 2.09. The van der Waals surface area contributed by atoms with Gasteiger partial charge in [0.2, 0.25) is 0 Å². The van der Waals surface area contributed by atoms with Crippen molar-refractivity contribution in [2.24, 2.45) is 0 Å². The molecule has 66 valence electrons. The van der Waals surface area contributed by atoms with E-state index in [0.717, 1.165) is 10.9 Å². The van der Waals surface area contributed by atoms with Gasteiger partial charge in [0.25, 0.3) is 5.56 Å². The first kappa shape index (κ1) is 8.32. The average molecular weight is 194 g/mol. The zero-order chi connectivity index (χ0) is 9.42. The third kappa shape index (κ3) is 1.33. The monoisotopic (exact) mass is 193 g/mol. The van der Waals surface area contributed by atoms with Crippen molar-refractivity contribution in [1.82, 2.24) is 4.98 Å². The minimum atomic E-state index is -0.0978. The number of nitrogens with one attached hydrogen (secondary N) is 1. The van der Waals surface area contributed by atoms with Crippen LogP contribution in [0.3, 0.4) is 0 Å². The molecule has 0 saturated heterocycles. The van der Waals surface area contributed by atoms with Gasteiger partial charge in [0.05, 0.1) is 0 Å². The van der Waals surface area contributed by atoms with Crippen LogP contribution in [0.1, 0.15) is 5.56 Å².